The smallest absolute Gasteiger partial charge is 0.223 e. The minimum atomic E-state index is -0.175. The van der Waals surface area contributed by atoms with E-state index in [0.29, 0.717) is 13.2 Å². The minimum Gasteiger partial charge on any atom is -0.486 e. The number of carbonyl (C=O) groups excluding carboxylic acids is 1. The van der Waals surface area contributed by atoms with Gasteiger partial charge in [0.15, 0.2) is 0 Å². The molecule has 3 rings (SSSR count). The monoisotopic (exact) mass is 333 g/mol. The van der Waals surface area contributed by atoms with Crippen LogP contribution in [0.3, 0.4) is 0 Å². The second kappa shape index (κ2) is 8.49. The van der Waals surface area contributed by atoms with E-state index in [2.05, 4.69) is 5.32 Å². The molecule has 5 heteroatoms. The molecule has 5 nitrogen and oxygen atoms in total. The van der Waals surface area contributed by atoms with Gasteiger partial charge in [0.25, 0.3) is 0 Å². The molecule has 0 spiro atoms. The summed E-state index contributed by atoms with van der Waals surface area (Å²) in [5.74, 6) is 1.07. The zero-order valence-electron chi connectivity index (χ0n) is 14.1. The summed E-state index contributed by atoms with van der Waals surface area (Å²) in [7, 11) is 0. The summed E-state index contributed by atoms with van der Waals surface area (Å²) >= 11 is 0. The number of benzene rings is 1. The van der Waals surface area contributed by atoms with Crippen molar-refractivity contribution in [2.45, 2.75) is 57.3 Å². The molecule has 1 aliphatic heterocycles. The van der Waals surface area contributed by atoms with E-state index in [1.807, 2.05) is 24.3 Å². The lowest BCUT2D eigenvalue weighted by Gasteiger charge is -2.34. The number of nitrogens with one attached hydrogen (secondary N) is 1. The molecule has 2 aliphatic rings. The molecule has 2 fully saturated rings. The van der Waals surface area contributed by atoms with Crippen molar-refractivity contribution in [1.82, 2.24) is 5.32 Å². The van der Waals surface area contributed by atoms with Crippen molar-refractivity contribution in [2.24, 2.45) is 5.92 Å². The average molecular weight is 333 g/mol. The van der Waals surface area contributed by atoms with Crippen LogP contribution < -0.4 is 10.1 Å². The van der Waals surface area contributed by atoms with Crippen LogP contribution in [0.15, 0.2) is 24.3 Å². The second-order valence-electron chi connectivity index (χ2n) is 6.77. The largest absolute Gasteiger partial charge is 0.486 e. The molecule has 0 radical (unpaired) electrons. The Balaban J connectivity index is 1.58. The summed E-state index contributed by atoms with van der Waals surface area (Å²) in [5, 5.41) is 12.3. The van der Waals surface area contributed by atoms with Crippen LogP contribution >= 0.6 is 0 Å². The van der Waals surface area contributed by atoms with Gasteiger partial charge in [-0.25, -0.2) is 0 Å². The van der Waals surface area contributed by atoms with E-state index >= 15 is 0 Å². The van der Waals surface area contributed by atoms with Crippen molar-refractivity contribution in [1.29, 1.82) is 0 Å². The number of hydrogen-bond donors (Lipinski definition) is 2. The first-order valence-electron chi connectivity index (χ1n) is 9.01. The lowest BCUT2D eigenvalue weighted by molar-refractivity contribution is -0.128. The molecule has 1 amide bonds. The molecule has 1 saturated carbocycles. The first kappa shape index (κ1) is 17.2. The van der Waals surface area contributed by atoms with Gasteiger partial charge in [-0.2, -0.15) is 0 Å². The molecule has 1 saturated heterocycles. The maximum Gasteiger partial charge on any atom is 0.223 e. The fourth-order valence-corrected chi connectivity index (χ4v) is 3.51. The van der Waals surface area contributed by atoms with Gasteiger partial charge in [0.2, 0.25) is 5.91 Å². The maximum absolute atomic E-state index is 12.5. The number of carbonyl (C=O) groups is 1. The van der Waals surface area contributed by atoms with Gasteiger partial charge in [-0.05, 0) is 37.0 Å². The third-order valence-electron chi connectivity index (χ3n) is 5.00. The summed E-state index contributed by atoms with van der Waals surface area (Å²) in [6.07, 6.45) is 6.17. The van der Waals surface area contributed by atoms with E-state index in [0.717, 1.165) is 43.4 Å². The van der Waals surface area contributed by atoms with E-state index in [-0.39, 0.29) is 30.6 Å². The molecule has 24 heavy (non-hydrogen) atoms. The molecule has 0 aromatic heterocycles. The van der Waals surface area contributed by atoms with Gasteiger partial charge in [-0.3, -0.25) is 4.79 Å². The van der Waals surface area contributed by atoms with Gasteiger partial charge >= 0.3 is 0 Å². The quantitative estimate of drug-likeness (QED) is 0.868. The van der Waals surface area contributed by atoms with Crippen LogP contribution in [-0.4, -0.2) is 36.4 Å². The van der Waals surface area contributed by atoms with Crippen LogP contribution in [0, 0.1) is 5.92 Å². The van der Waals surface area contributed by atoms with Gasteiger partial charge in [0, 0.05) is 12.5 Å². The summed E-state index contributed by atoms with van der Waals surface area (Å²) in [6, 6.07) is 7.37. The Morgan fingerprint density at radius 3 is 2.62 bits per heavy atom. The average Bonchev–Trinajstić information content (AvgIpc) is 2.64. The van der Waals surface area contributed by atoms with Crippen molar-refractivity contribution < 1.29 is 19.4 Å². The van der Waals surface area contributed by atoms with Crippen LogP contribution in [0.2, 0.25) is 0 Å². The molecule has 1 aromatic carbocycles. The molecule has 0 bridgehead atoms. The molecule has 2 unspecified atom stereocenters. The molecule has 1 aromatic rings. The highest BCUT2D eigenvalue weighted by molar-refractivity contribution is 5.79. The Morgan fingerprint density at radius 2 is 1.92 bits per heavy atom. The van der Waals surface area contributed by atoms with Crippen LogP contribution in [0.1, 0.15) is 44.1 Å². The van der Waals surface area contributed by atoms with E-state index in [9.17, 15) is 4.79 Å². The van der Waals surface area contributed by atoms with E-state index < -0.39 is 0 Å². The zero-order valence-corrected chi connectivity index (χ0v) is 14.1. The Bertz CT molecular complexity index is 525. The standard InChI is InChI=1S/C19H27NO4/c21-12-14-6-8-16(9-7-14)24-18-13-23-11-10-17(18)20-19(22)15-4-2-1-3-5-15/h6-9,15,17-18,21H,1-5,10-13H2,(H,20,22). The minimum absolute atomic E-state index is 0.00862. The lowest BCUT2D eigenvalue weighted by Crippen LogP contribution is -2.52. The van der Waals surface area contributed by atoms with E-state index in [1.165, 1.54) is 6.42 Å². The molecular formula is C19H27NO4. The highest BCUT2D eigenvalue weighted by Gasteiger charge is 2.31. The third-order valence-corrected chi connectivity index (χ3v) is 5.00. The van der Waals surface area contributed by atoms with Crippen molar-refractivity contribution in [3.63, 3.8) is 0 Å². The normalized spacial score (nSPS) is 25.2. The van der Waals surface area contributed by atoms with Crippen LogP contribution in [0.5, 0.6) is 5.75 Å². The molecule has 1 aliphatic carbocycles. The number of aliphatic hydroxyl groups is 1. The molecule has 1 heterocycles. The summed E-state index contributed by atoms with van der Waals surface area (Å²) in [5.41, 5.74) is 0.851. The summed E-state index contributed by atoms with van der Waals surface area (Å²) in [4.78, 5) is 12.5. The molecule has 132 valence electrons. The van der Waals surface area contributed by atoms with Gasteiger partial charge in [0.1, 0.15) is 11.9 Å². The van der Waals surface area contributed by atoms with E-state index in [1.54, 1.807) is 0 Å². The first-order valence-corrected chi connectivity index (χ1v) is 9.01. The third kappa shape index (κ3) is 4.48. The number of aliphatic hydroxyl groups excluding tert-OH is 1. The maximum atomic E-state index is 12.5. The van der Waals surface area contributed by atoms with Crippen LogP contribution in [0.4, 0.5) is 0 Å². The van der Waals surface area contributed by atoms with Crippen molar-refractivity contribution in [3.8, 4) is 5.75 Å². The molecule has 2 atom stereocenters. The topological polar surface area (TPSA) is 67.8 Å². The predicted octanol–water partition coefficient (Wildman–Crippen LogP) is 2.41. The van der Waals surface area contributed by atoms with Gasteiger partial charge in [-0.1, -0.05) is 31.4 Å². The SMILES string of the molecule is O=C(NC1CCOCC1Oc1ccc(CO)cc1)C1CCCCC1. The van der Waals surface area contributed by atoms with Crippen LogP contribution in [0.25, 0.3) is 0 Å². The number of ether oxygens (including phenoxy) is 2. The Kier molecular flexibility index (Phi) is 6.10. The van der Waals surface area contributed by atoms with Gasteiger partial charge in [0.05, 0.1) is 19.3 Å². The number of rotatable bonds is 5. The Hall–Kier alpha value is -1.59. The Morgan fingerprint density at radius 1 is 1.17 bits per heavy atom. The fraction of sp³-hybridized carbons (Fsp3) is 0.632. The number of amides is 1. The predicted molar refractivity (Wildman–Crippen MR) is 90.7 cm³/mol. The highest BCUT2D eigenvalue weighted by atomic mass is 16.5. The zero-order chi connectivity index (χ0) is 16.8. The highest BCUT2D eigenvalue weighted by Crippen LogP contribution is 2.25. The van der Waals surface area contributed by atoms with Gasteiger partial charge < -0.3 is 19.9 Å². The van der Waals surface area contributed by atoms with Crippen molar-refractivity contribution in [3.05, 3.63) is 29.8 Å². The number of hydrogen-bond acceptors (Lipinski definition) is 4. The lowest BCUT2D eigenvalue weighted by atomic mass is 9.88. The first-order chi connectivity index (χ1) is 11.8. The summed E-state index contributed by atoms with van der Waals surface area (Å²) in [6.45, 7) is 1.16. The summed E-state index contributed by atoms with van der Waals surface area (Å²) < 4.78 is 11.6. The van der Waals surface area contributed by atoms with Crippen LogP contribution in [-0.2, 0) is 16.1 Å². The van der Waals surface area contributed by atoms with Crippen molar-refractivity contribution >= 4 is 5.91 Å². The van der Waals surface area contributed by atoms with Crippen molar-refractivity contribution in [2.75, 3.05) is 13.2 Å². The fourth-order valence-electron chi connectivity index (χ4n) is 3.51. The molecule has 2 N–H and O–H groups in total. The van der Waals surface area contributed by atoms with E-state index in [4.69, 9.17) is 14.6 Å². The molecular weight excluding hydrogens is 306 g/mol. The van der Waals surface area contributed by atoms with Gasteiger partial charge in [-0.15, -0.1) is 0 Å². The second-order valence-corrected chi connectivity index (χ2v) is 6.77. The Labute approximate surface area is 143 Å².